The van der Waals surface area contributed by atoms with Gasteiger partial charge in [-0.05, 0) is 48.0 Å². The van der Waals surface area contributed by atoms with E-state index in [1.807, 2.05) is 12.1 Å². The zero-order chi connectivity index (χ0) is 24.7. The fourth-order valence-electron chi connectivity index (χ4n) is 3.01. The summed E-state index contributed by atoms with van der Waals surface area (Å²) in [5.74, 6) is -0.0531. The van der Waals surface area contributed by atoms with Gasteiger partial charge >= 0.3 is 0 Å². The van der Waals surface area contributed by atoms with Crippen molar-refractivity contribution in [2.45, 2.75) is 13.5 Å². The van der Waals surface area contributed by atoms with Crippen molar-refractivity contribution < 1.29 is 27.5 Å². The maximum absolute atomic E-state index is 13.1. The number of ether oxygens (including phenoxy) is 2. The molecule has 0 aliphatic heterocycles. The van der Waals surface area contributed by atoms with E-state index in [-0.39, 0.29) is 23.8 Å². The Bertz CT molecular complexity index is 1300. The maximum atomic E-state index is 13.1. The summed E-state index contributed by atoms with van der Waals surface area (Å²) in [5.41, 5.74) is 1.72. The molecule has 3 N–H and O–H groups in total. The first-order valence-electron chi connectivity index (χ1n) is 10.0. The molecule has 0 unspecified atom stereocenters. The number of rotatable bonds is 9. The quantitative estimate of drug-likeness (QED) is 0.424. The van der Waals surface area contributed by atoms with Crippen molar-refractivity contribution in [1.29, 1.82) is 0 Å². The van der Waals surface area contributed by atoms with Gasteiger partial charge < -0.3 is 20.1 Å². The topological polar surface area (TPSA) is 136 Å². The zero-order valence-electron chi connectivity index (χ0n) is 18.8. The van der Waals surface area contributed by atoms with Gasteiger partial charge in [-0.3, -0.25) is 19.3 Å². The number of hydrogen-bond donors (Lipinski definition) is 3. The van der Waals surface area contributed by atoms with Crippen molar-refractivity contribution in [2.75, 3.05) is 28.7 Å². The summed E-state index contributed by atoms with van der Waals surface area (Å²) in [5, 5.41) is 5.30. The van der Waals surface area contributed by atoms with Gasteiger partial charge in [-0.15, -0.1) is 0 Å². The van der Waals surface area contributed by atoms with Crippen molar-refractivity contribution in [3.8, 4) is 11.5 Å². The molecule has 178 valence electrons. The number of aromatic nitrogens is 1. The van der Waals surface area contributed by atoms with Crippen molar-refractivity contribution in [3.05, 3.63) is 72.1 Å². The molecule has 0 radical (unpaired) electrons. The molecule has 10 nitrogen and oxygen atoms in total. The molecular weight excluding hydrogens is 460 g/mol. The van der Waals surface area contributed by atoms with Crippen LogP contribution in [0.1, 0.15) is 22.8 Å². The molecule has 0 aliphatic rings. The first-order valence-corrected chi connectivity index (χ1v) is 11.9. The summed E-state index contributed by atoms with van der Waals surface area (Å²) >= 11 is 0. The number of amides is 2. The number of sulfonamides is 1. The molecule has 34 heavy (non-hydrogen) atoms. The van der Waals surface area contributed by atoms with Gasteiger partial charge in [0.1, 0.15) is 6.61 Å². The van der Waals surface area contributed by atoms with Crippen molar-refractivity contribution >= 4 is 38.9 Å². The van der Waals surface area contributed by atoms with E-state index >= 15 is 0 Å². The summed E-state index contributed by atoms with van der Waals surface area (Å²) in [7, 11) is -2.15. The standard InChI is InChI=1S/C23H24N4O6S/c1-15(28)25-17-4-6-20(27-34(3,30)31)19(12-17)23(29)26-18-5-7-21(32-2)22(13-18)33-14-16-8-10-24-11-9-16/h4-13,27H,14H2,1-3H3,(H,25,28)(H,26,29). The molecule has 0 fully saturated rings. The second-order valence-corrected chi connectivity index (χ2v) is 9.03. The first kappa shape index (κ1) is 24.5. The van der Waals surface area contributed by atoms with E-state index in [9.17, 15) is 18.0 Å². The van der Waals surface area contributed by atoms with Gasteiger partial charge in [0.05, 0.1) is 24.6 Å². The Labute approximate surface area is 197 Å². The lowest BCUT2D eigenvalue weighted by Crippen LogP contribution is -2.18. The lowest BCUT2D eigenvalue weighted by atomic mass is 10.1. The van der Waals surface area contributed by atoms with Crippen molar-refractivity contribution in [1.82, 2.24) is 4.98 Å². The van der Waals surface area contributed by atoms with Crippen LogP contribution in [0.2, 0.25) is 0 Å². The van der Waals surface area contributed by atoms with Gasteiger partial charge in [0.2, 0.25) is 15.9 Å². The van der Waals surface area contributed by atoms with Crippen LogP contribution in [0.5, 0.6) is 11.5 Å². The number of carbonyl (C=O) groups excluding carboxylic acids is 2. The molecule has 0 spiro atoms. The molecule has 0 saturated heterocycles. The van der Waals surface area contributed by atoms with Crippen molar-refractivity contribution in [2.24, 2.45) is 0 Å². The molecule has 3 rings (SSSR count). The minimum Gasteiger partial charge on any atom is -0.493 e. The van der Waals surface area contributed by atoms with Gasteiger partial charge in [-0.2, -0.15) is 0 Å². The summed E-state index contributed by atoms with van der Waals surface area (Å²) in [6.45, 7) is 1.59. The van der Waals surface area contributed by atoms with Crippen LogP contribution < -0.4 is 24.8 Å². The van der Waals surface area contributed by atoms with Crippen LogP contribution in [0.3, 0.4) is 0 Å². The Morgan fingerprint density at radius 2 is 1.62 bits per heavy atom. The number of methoxy groups -OCH3 is 1. The highest BCUT2D eigenvalue weighted by Crippen LogP contribution is 2.31. The molecule has 2 aromatic carbocycles. The normalized spacial score (nSPS) is 10.8. The average molecular weight is 485 g/mol. The second kappa shape index (κ2) is 10.7. The van der Waals surface area contributed by atoms with E-state index in [0.717, 1.165) is 11.8 Å². The Kier molecular flexibility index (Phi) is 7.69. The Morgan fingerprint density at radius 3 is 2.26 bits per heavy atom. The lowest BCUT2D eigenvalue weighted by molar-refractivity contribution is -0.114. The molecule has 0 aliphatic carbocycles. The summed E-state index contributed by atoms with van der Waals surface area (Å²) < 4.78 is 37.0. The molecule has 0 atom stereocenters. The average Bonchev–Trinajstić information content (AvgIpc) is 2.78. The molecule has 3 aromatic rings. The maximum Gasteiger partial charge on any atom is 0.257 e. The third-order valence-electron chi connectivity index (χ3n) is 4.45. The van der Waals surface area contributed by atoms with Gasteiger partial charge in [0.25, 0.3) is 5.91 Å². The minimum absolute atomic E-state index is 0.0201. The Hall–Kier alpha value is -4.12. The molecular formula is C23H24N4O6S. The largest absolute Gasteiger partial charge is 0.493 e. The molecule has 0 saturated carbocycles. The monoisotopic (exact) mass is 484 g/mol. The fourth-order valence-corrected chi connectivity index (χ4v) is 3.59. The number of pyridine rings is 1. The molecule has 1 aromatic heterocycles. The van der Waals surface area contributed by atoms with Crippen molar-refractivity contribution in [3.63, 3.8) is 0 Å². The van der Waals surface area contributed by atoms with Crippen LogP contribution in [0.4, 0.5) is 17.1 Å². The lowest BCUT2D eigenvalue weighted by Gasteiger charge is -2.15. The second-order valence-electron chi connectivity index (χ2n) is 7.28. The fraction of sp³-hybridized carbons (Fsp3) is 0.174. The number of benzene rings is 2. The van der Waals surface area contributed by atoms with E-state index in [4.69, 9.17) is 9.47 Å². The van der Waals surface area contributed by atoms with Crippen LogP contribution in [0.15, 0.2) is 60.9 Å². The Balaban J connectivity index is 1.87. The molecule has 0 bridgehead atoms. The van der Waals surface area contributed by atoms with Crippen LogP contribution in [0.25, 0.3) is 0 Å². The van der Waals surface area contributed by atoms with E-state index in [1.165, 1.54) is 32.2 Å². The minimum atomic E-state index is -3.65. The van der Waals surface area contributed by atoms with E-state index in [1.54, 1.807) is 30.6 Å². The third kappa shape index (κ3) is 6.94. The zero-order valence-corrected chi connectivity index (χ0v) is 19.6. The predicted octanol–water partition coefficient (Wildman–Crippen LogP) is 3.25. The number of hydrogen-bond acceptors (Lipinski definition) is 7. The summed E-state index contributed by atoms with van der Waals surface area (Å²) in [6.07, 6.45) is 4.29. The number of nitrogens with zero attached hydrogens (tertiary/aromatic N) is 1. The summed E-state index contributed by atoms with van der Waals surface area (Å²) in [4.78, 5) is 28.4. The third-order valence-corrected chi connectivity index (χ3v) is 5.04. The highest BCUT2D eigenvalue weighted by Gasteiger charge is 2.17. The van der Waals surface area contributed by atoms with E-state index in [2.05, 4.69) is 20.3 Å². The van der Waals surface area contributed by atoms with Crippen LogP contribution in [0, 0.1) is 0 Å². The molecule has 11 heteroatoms. The summed E-state index contributed by atoms with van der Waals surface area (Å²) in [6, 6.07) is 12.8. The number of carbonyl (C=O) groups is 2. The molecule has 1 heterocycles. The van der Waals surface area contributed by atoms with Crippen LogP contribution in [-0.4, -0.2) is 38.6 Å². The van der Waals surface area contributed by atoms with Gasteiger partial charge in [-0.1, -0.05) is 0 Å². The number of nitrogens with one attached hydrogen (secondary N) is 3. The first-order chi connectivity index (χ1) is 16.1. The smallest absolute Gasteiger partial charge is 0.257 e. The van der Waals surface area contributed by atoms with Crippen LogP contribution >= 0.6 is 0 Å². The van der Waals surface area contributed by atoms with Crippen LogP contribution in [-0.2, 0) is 21.4 Å². The van der Waals surface area contributed by atoms with Gasteiger partial charge in [-0.25, -0.2) is 8.42 Å². The predicted molar refractivity (Wildman–Crippen MR) is 129 cm³/mol. The van der Waals surface area contributed by atoms with Gasteiger partial charge in [0.15, 0.2) is 11.5 Å². The van der Waals surface area contributed by atoms with Gasteiger partial charge in [0, 0.05) is 36.8 Å². The molecule has 2 amide bonds. The van der Waals surface area contributed by atoms with E-state index < -0.39 is 15.9 Å². The Morgan fingerprint density at radius 1 is 0.941 bits per heavy atom. The number of anilines is 3. The van der Waals surface area contributed by atoms with E-state index in [0.29, 0.717) is 22.9 Å². The SMILES string of the molecule is COc1ccc(NC(=O)c2cc(NC(C)=O)ccc2NS(C)(=O)=O)cc1OCc1ccncc1. The highest BCUT2D eigenvalue weighted by atomic mass is 32.2. The highest BCUT2D eigenvalue weighted by molar-refractivity contribution is 7.92.